The molecule has 2 heterocycles. The highest BCUT2D eigenvalue weighted by atomic mass is 31.0. The number of fused-ring (bicyclic) bond motifs is 1. The molecule has 1 fully saturated rings. The highest BCUT2D eigenvalue weighted by Gasteiger charge is 2.51. The zero-order chi connectivity index (χ0) is 14.7. The van der Waals surface area contributed by atoms with Crippen LogP contribution in [-0.4, -0.2) is 22.7 Å². The maximum atomic E-state index is 13.7. The number of aromatic nitrogens is 1. The molecule has 6 heteroatoms. The van der Waals surface area contributed by atoms with Crippen LogP contribution >= 0.6 is 9.39 Å². The van der Waals surface area contributed by atoms with E-state index in [0.29, 0.717) is 5.39 Å². The predicted octanol–water partition coefficient (Wildman–Crippen LogP) is 2.72. The van der Waals surface area contributed by atoms with Gasteiger partial charge in [0, 0.05) is 11.6 Å². The fraction of sp³-hybridized carbons (Fsp3) is 0.429. The van der Waals surface area contributed by atoms with Gasteiger partial charge in [-0.3, -0.25) is 0 Å². The number of hydrogen-bond acceptors (Lipinski definition) is 2. The molecule has 1 saturated heterocycles. The number of benzene rings is 1. The van der Waals surface area contributed by atoms with Gasteiger partial charge in [-0.15, -0.1) is 0 Å². The molecule has 0 spiro atoms. The van der Waals surface area contributed by atoms with E-state index in [4.69, 9.17) is 9.31 Å². The predicted molar refractivity (Wildman–Crippen MR) is 82.7 cm³/mol. The number of rotatable bonds is 1. The molecule has 0 saturated carbocycles. The van der Waals surface area contributed by atoms with Crippen LogP contribution in [0.5, 0.6) is 0 Å². The average molecular weight is 293 g/mol. The lowest BCUT2D eigenvalue weighted by Crippen LogP contribution is -2.41. The zero-order valence-corrected chi connectivity index (χ0v) is 13.3. The molecule has 1 aliphatic heterocycles. The third kappa shape index (κ3) is 2.00. The largest absolute Gasteiger partial charge is 0.494 e. The maximum Gasteiger partial charge on any atom is 0.494 e. The average Bonchev–Trinajstić information content (AvgIpc) is 2.74. The topological polar surface area (TPSA) is 23.4 Å². The highest BCUT2D eigenvalue weighted by Crippen LogP contribution is 2.36. The van der Waals surface area contributed by atoms with Crippen molar-refractivity contribution in [3.8, 4) is 0 Å². The molecule has 1 atom stereocenters. The summed E-state index contributed by atoms with van der Waals surface area (Å²) in [6.45, 7) is 8.07. The summed E-state index contributed by atoms with van der Waals surface area (Å²) in [7, 11) is 2.06. The first kappa shape index (κ1) is 14.1. The molecule has 0 N–H and O–H groups in total. The Morgan fingerprint density at radius 2 is 1.75 bits per heavy atom. The minimum absolute atomic E-state index is 0.226. The van der Waals surface area contributed by atoms with Crippen molar-refractivity contribution in [2.24, 2.45) is 0 Å². The smallest absolute Gasteiger partial charge is 0.399 e. The van der Waals surface area contributed by atoms with Gasteiger partial charge in [0.15, 0.2) is 0 Å². The lowest BCUT2D eigenvalue weighted by molar-refractivity contribution is 0.00578. The van der Waals surface area contributed by atoms with Crippen molar-refractivity contribution in [2.45, 2.75) is 38.9 Å². The van der Waals surface area contributed by atoms with Gasteiger partial charge in [-0.2, -0.15) is 0 Å². The second-order valence-corrected chi connectivity index (χ2v) is 6.81. The molecule has 1 aromatic carbocycles. The molecule has 1 unspecified atom stereocenters. The van der Waals surface area contributed by atoms with Crippen molar-refractivity contribution in [1.29, 1.82) is 0 Å². The molecule has 2 aromatic rings. The highest BCUT2D eigenvalue weighted by molar-refractivity contribution is 7.14. The summed E-state index contributed by atoms with van der Waals surface area (Å²) in [4.78, 5) is 0. The Labute approximate surface area is 120 Å². The van der Waals surface area contributed by atoms with E-state index in [1.54, 1.807) is 10.4 Å². The van der Waals surface area contributed by atoms with Crippen LogP contribution in [0.4, 0.5) is 4.39 Å². The van der Waals surface area contributed by atoms with Crippen molar-refractivity contribution < 1.29 is 13.7 Å². The van der Waals surface area contributed by atoms with E-state index < -0.39 is 7.12 Å². The first-order valence-corrected chi connectivity index (χ1v) is 7.14. The van der Waals surface area contributed by atoms with Gasteiger partial charge in [-0.25, -0.2) is 4.39 Å². The zero-order valence-electron chi connectivity index (χ0n) is 12.1. The van der Waals surface area contributed by atoms with Crippen LogP contribution in [-0.2, 0) is 9.31 Å². The molecular weight excluding hydrogens is 275 g/mol. The van der Waals surface area contributed by atoms with Crippen molar-refractivity contribution in [2.75, 3.05) is 0 Å². The molecule has 20 heavy (non-hydrogen) atoms. The van der Waals surface area contributed by atoms with E-state index in [0.717, 1.165) is 11.0 Å². The van der Waals surface area contributed by atoms with E-state index in [2.05, 4.69) is 9.39 Å². The minimum Gasteiger partial charge on any atom is -0.399 e. The van der Waals surface area contributed by atoms with E-state index in [-0.39, 0.29) is 17.0 Å². The van der Waals surface area contributed by atoms with Gasteiger partial charge in [0.2, 0.25) is 0 Å². The number of hydrogen-bond donors (Lipinski definition) is 0. The van der Waals surface area contributed by atoms with Crippen molar-refractivity contribution in [3.05, 3.63) is 30.2 Å². The summed E-state index contributed by atoms with van der Waals surface area (Å²) < 4.78 is 27.4. The van der Waals surface area contributed by atoms with E-state index in [1.807, 2.05) is 39.8 Å². The minimum atomic E-state index is -0.424. The molecule has 0 radical (unpaired) electrons. The van der Waals surface area contributed by atoms with Crippen molar-refractivity contribution >= 4 is 32.9 Å². The van der Waals surface area contributed by atoms with Gasteiger partial charge in [0.05, 0.1) is 16.7 Å². The summed E-state index contributed by atoms with van der Waals surface area (Å²) in [5, 5.41) is 0.597. The quantitative estimate of drug-likeness (QED) is 0.596. The van der Waals surface area contributed by atoms with Gasteiger partial charge in [0.1, 0.15) is 5.82 Å². The van der Waals surface area contributed by atoms with Gasteiger partial charge in [-0.05, 0) is 48.6 Å². The Balaban J connectivity index is 2.02. The molecule has 0 bridgehead atoms. The first-order valence-electron chi connectivity index (χ1n) is 6.62. The maximum absolute atomic E-state index is 13.7. The Morgan fingerprint density at radius 3 is 2.35 bits per heavy atom. The SMILES string of the molecule is CC1(C)OB(c2ccc3c(F)cn(P)c3c2)OC1(C)C. The van der Waals surface area contributed by atoms with Gasteiger partial charge >= 0.3 is 7.12 Å². The molecule has 106 valence electrons. The van der Waals surface area contributed by atoms with Gasteiger partial charge in [-0.1, -0.05) is 12.1 Å². The van der Waals surface area contributed by atoms with Crippen LogP contribution in [0.25, 0.3) is 10.9 Å². The standard InChI is InChI=1S/C14H18BFNO2P/c1-13(2)14(3,4)19-15(18-13)9-5-6-10-11(16)8-17(20)12(10)7-9/h5-8H,20H2,1-4H3. The Hall–Kier alpha value is -0.895. The van der Waals surface area contributed by atoms with E-state index in [1.165, 1.54) is 6.20 Å². The van der Waals surface area contributed by atoms with Crippen LogP contribution in [0.15, 0.2) is 24.4 Å². The van der Waals surface area contributed by atoms with Gasteiger partial charge in [0.25, 0.3) is 0 Å². The fourth-order valence-corrected chi connectivity index (χ4v) is 2.70. The first-order chi connectivity index (χ1) is 9.21. The molecule has 1 aliphatic rings. The molecule has 0 aliphatic carbocycles. The Morgan fingerprint density at radius 1 is 1.15 bits per heavy atom. The van der Waals surface area contributed by atoms with Crippen LogP contribution in [0.3, 0.4) is 0 Å². The normalized spacial score (nSPS) is 20.8. The fourth-order valence-electron chi connectivity index (χ4n) is 2.35. The summed E-state index contributed by atoms with van der Waals surface area (Å²) >= 11 is 0. The summed E-state index contributed by atoms with van der Waals surface area (Å²) in [5.41, 5.74) is 0.958. The van der Waals surface area contributed by atoms with Crippen LogP contribution in [0.2, 0.25) is 0 Å². The molecule has 3 rings (SSSR count). The van der Waals surface area contributed by atoms with E-state index in [9.17, 15) is 4.39 Å². The summed E-state index contributed by atoms with van der Waals surface area (Å²) in [6.07, 6.45) is 1.45. The lowest BCUT2D eigenvalue weighted by Gasteiger charge is -2.32. The number of halogens is 1. The Bertz CT molecular complexity index is 667. The monoisotopic (exact) mass is 293 g/mol. The third-order valence-electron chi connectivity index (χ3n) is 4.34. The Kier molecular flexibility index (Phi) is 3.02. The van der Waals surface area contributed by atoms with Gasteiger partial charge < -0.3 is 13.6 Å². The van der Waals surface area contributed by atoms with Crippen LogP contribution < -0.4 is 5.46 Å². The second kappa shape index (κ2) is 4.30. The van der Waals surface area contributed by atoms with Crippen LogP contribution in [0, 0.1) is 5.82 Å². The summed E-state index contributed by atoms with van der Waals surface area (Å²) in [5.74, 6) is -0.226. The second-order valence-electron chi connectivity index (χ2n) is 6.25. The molecule has 1 aromatic heterocycles. The lowest BCUT2D eigenvalue weighted by atomic mass is 9.79. The third-order valence-corrected chi connectivity index (χ3v) is 4.76. The number of nitrogens with zero attached hydrogens (tertiary/aromatic N) is 1. The van der Waals surface area contributed by atoms with Crippen molar-refractivity contribution in [3.63, 3.8) is 0 Å². The van der Waals surface area contributed by atoms with Crippen LogP contribution in [0.1, 0.15) is 27.7 Å². The van der Waals surface area contributed by atoms with Crippen molar-refractivity contribution in [1.82, 2.24) is 4.34 Å². The molecular formula is C14H18BFNO2P. The molecule has 3 nitrogen and oxygen atoms in total. The van der Waals surface area contributed by atoms with E-state index >= 15 is 0 Å². The molecule has 0 amide bonds. The summed E-state index contributed by atoms with van der Waals surface area (Å²) in [6, 6.07) is 5.54.